The number of aryl methyl sites for hydroxylation is 2. The first-order valence-electron chi connectivity index (χ1n) is 7.21. The molecular formula is C16H23NO3. The van der Waals surface area contributed by atoms with Crippen molar-refractivity contribution < 1.29 is 14.6 Å². The highest BCUT2D eigenvalue weighted by molar-refractivity contribution is 5.78. The van der Waals surface area contributed by atoms with Crippen LogP contribution in [0.3, 0.4) is 0 Å². The summed E-state index contributed by atoms with van der Waals surface area (Å²) in [4.78, 5) is 11.9. The number of hydrogen-bond acceptors (Lipinski definition) is 3. The molecule has 0 aliphatic heterocycles. The minimum absolute atomic E-state index is 0.0281. The maximum atomic E-state index is 11.9. The number of ether oxygens (including phenoxy) is 1. The van der Waals surface area contributed by atoms with Crippen molar-refractivity contribution in [2.24, 2.45) is 5.92 Å². The monoisotopic (exact) mass is 277 g/mol. The van der Waals surface area contributed by atoms with Crippen molar-refractivity contribution in [3.05, 3.63) is 29.3 Å². The Hall–Kier alpha value is -1.55. The van der Waals surface area contributed by atoms with E-state index in [4.69, 9.17) is 4.74 Å². The summed E-state index contributed by atoms with van der Waals surface area (Å²) in [5.74, 6) is 0.866. The van der Waals surface area contributed by atoms with Crippen molar-refractivity contribution in [2.75, 3.05) is 13.2 Å². The van der Waals surface area contributed by atoms with Gasteiger partial charge < -0.3 is 15.2 Å². The molecular weight excluding hydrogens is 254 g/mol. The van der Waals surface area contributed by atoms with Gasteiger partial charge in [-0.05, 0) is 37.8 Å². The molecule has 20 heavy (non-hydrogen) atoms. The molecule has 1 aliphatic carbocycles. The Morgan fingerprint density at radius 3 is 2.70 bits per heavy atom. The average Bonchev–Trinajstić information content (AvgIpc) is 2.85. The number of benzene rings is 1. The van der Waals surface area contributed by atoms with E-state index in [1.54, 1.807) is 0 Å². The van der Waals surface area contributed by atoms with Crippen LogP contribution in [0.5, 0.6) is 5.75 Å². The van der Waals surface area contributed by atoms with Crippen LogP contribution in [0.15, 0.2) is 18.2 Å². The van der Waals surface area contributed by atoms with E-state index in [1.165, 1.54) is 0 Å². The first-order chi connectivity index (χ1) is 9.61. The zero-order valence-corrected chi connectivity index (χ0v) is 12.2. The third kappa shape index (κ3) is 3.51. The molecule has 1 aromatic carbocycles. The molecule has 0 spiro atoms. The lowest BCUT2D eigenvalue weighted by Crippen LogP contribution is -2.41. The van der Waals surface area contributed by atoms with Gasteiger partial charge in [-0.15, -0.1) is 0 Å². The Morgan fingerprint density at radius 1 is 1.35 bits per heavy atom. The fourth-order valence-electron chi connectivity index (χ4n) is 2.86. The van der Waals surface area contributed by atoms with Gasteiger partial charge in [0.15, 0.2) is 6.61 Å². The first kappa shape index (κ1) is 14.9. The molecule has 4 heteroatoms. The van der Waals surface area contributed by atoms with Crippen molar-refractivity contribution in [1.29, 1.82) is 0 Å². The lowest BCUT2D eigenvalue weighted by atomic mass is 10.1. The SMILES string of the molecule is Cc1cccc(C)c1OCC(=O)NC1CCCC1CO. The lowest BCUT2D eigenvalue weighted by molar-refractivity contribution is -0.124. The van der Waals surface area contributed by atoms with Crippen LogP contribution in [0.4, 0.5) is 0 Å². The largest absolute Gasteiger partial charge is 0.483 e. The highest BCUT2D eigenvalue weighted by Gasteiger charge is 2.27. The van der Waals surface area contributed by atoms with Gasteiger partial charge in [0, 0.05) is 18.6 Å². The minimum atomic E-state index is -0.113. The maximum absolute atomic E-state index is 11.9. The van der Waals surface area contributed by atoms with Gasteiger partial charge in [-0.25, -0.2) is 0 Å². The molecule has 2 atom stereocenters. The zero-order valence-electron chi connectivity index (χ0n) is 12.2. The predicted molar refractivity (Wildman–Crippen MR) is 77.8 cm³/mol. The Balaban J connectivity index is 1.86. The van der Waals surface area contributed by atoms with Crippen molar-refractivity contribution in [1.82, 2.24) is 5.32 Å². The van der Waals surface area contributed by atoms with Crippen LogP contribution in [0.25, 0.3) is 0 Å². The molecule has 1 fully saturated rings. The van der Waals surface area contributed by atoms with Crippen LogP contribution in [-0.4, -0.2) is 30.3 Å². The van der Waals surface area contributed by atoms with Gasteiger partial charge in [0.25, 0.3) is 5.91 Å². The fourth-order valence-corrected chi connectivity index (χ4v) is 2.86. The highest BCUT2D eigenvalue weighted by Crippen LogP contribution is 2.25. The summed E-state index contributed by atoms with van der Waals surface area (Å²) in [6.07, 6.45) is 2.99. The average molecular weight is 277 g/mol. The molecule has 1 aliphatic rings. The third-order valence-corrected chi connectivity index (χ3v) is 4.00. The van der Waals surface area contributed by atoms with E-state index in [-0.39, 0.29) is 31.1 Å². The summed E-state index contributed by atoms with van der Waals surface area (Å²) in [6.45, 7) is 4.11. The number of rotatable bonds is 5. The number of para-hydroxylation sites is 1. The predicted octanol–water partition coefficient (Wildman–Crippen LogP) is 1.96. The molecule has 0 saturated heterocycles. The van der Waals surface area contributed by atoms with Gasteiger partial charge >= 0.3 is 0 Å². The Morgan fingerprint density at radius 2 is 2.05 bits per heavy atom. The molecule has 2 rings (SSSR count). The molecule has 4 nitrogen and oxygen atoms in total. The van der Waals surface area contributed by atoms with Gasteiger partial charge in [0.2, 0.25) is 0 Å². The quantitative estimate of drug-likeness (QED) is 0.865. The number of aliphatic hydroxyl groups excluding tert-OH is 1. The Labute approximate surface area is 120 Å². The lowest BCUT2D eigenvalue weighted by Gasteiger charge is -2.19. The van der Waals surface area contributed by atoms with E-state index in [0.717, 1.165) is 36.1 Å². The molecule has 1 saturated carbocycles. The third-order valence-electron chi connectivity index (χ3n) is 4.00. The molecule has 2 N–H and O–H groups in total. The van der Waals surface area contributed by atoms with Crippen molar-refractivity contribution in [3.63, 3.8) is 0 Å². The Kier molecular flexibility index (Phi) is 5.01. The van der Waals surface area contributed by atoms with Gasteiger partial charge in [0.05, 0.1) is 0 Å². The van der Waals surface area contributed by atoms with Crippen molar-refractivity contribution >= 4 is 5.91 Å². The first-order valence-corrected chi connectivity index (χ1v) is 7.21. The topological polar surface area (TPSA) is 58.6 Å². The molecule has 1 aromatic rings. The number of carbonyl (C=O) groups excluding carboxylic acids is 1. The van der Waals surface area contributed by atoms with Crippen molar-refractivity contribution in [3.8, 4) is 5.75 Å². The molecule has 110 valence electrons. The van der Waals surface area contributed by atoms with Crippen LogP contribution in [0.2, 0.25) is 0 Å². The van der Waals surface area contributed by atoms with E-state index < -0.39 is 0 Å². The van der Waals surface area contributed by atoms with Gasteiger partial charge in [-0.2, -0.15) is 0 Å². The van der Waals surface area contributed by atoms with E-state index in [0.29, 0.717) is 0 Å². The summed E-state index contributed by atoms with van der Waals surface area (Å²) < 4.78 is 5.63. The van der Waals surface area contributed by atoms with Crippen LogP contribution in [0, 0.1) is 19.8 Å². The van der Waals surface area contributed by atoms with Crippen molar-refractivity contribution in [2.45, 2.75) is 39.2 Å². The zero-order chi connectivity index (χ0) is 14.5. The number of aliphatic hydroxyl groups is 1. The van der Waals surface area contributed by atoms with Crippen LogP contribution in [0.1, 0.15) is 30.4 Å². The summed E-state index contributed by atoms with van der Waals surface area (Å²) in [6, 6.07) is 6.01. The van der Waals surface area contributed by atoms with Crippen LogP contribution >= 0.6 is 0 Å². The molecule has 0 bridgehead atoms. The molecule has 0 heterocycles. The normalized spacial score (nSPS) is 21.8. The maximum Gasteiger partial charge on any atom is 0.258 e. The van der Waals surface area contributed by atoms with Crippen LogP contribution in [-0.2, 0) is 4.79 Å². The van der Waals surface area contributed by atoms with E-state index >= 15 is 0 Å². The number of carbonyl (C=O) groups is 1. The standard InChI is InChI=1S/C16H23NO3/c1-11-5-3-6-12(2)16(11)20-10-15(19)17-14-8-4-7-13(14)9-18/h3,5-6,13-14,18H,4,7-10H2,1-2H3,(H,17,19). The minimum Gasteiger partial charge on any atom is -0.483 e. The van der Waals surface area contributed by atoms with E-state index in [2.05, 4.69) is 5.32 Å². The van der Waals surface area contributed by atoms with Gasteiger partial charge in [0.1, 0.15) is 5.75 Å². The second kappa shape index (κ2) is 6.75. The molecule has 1 amide bonds. The summed E-state index contributed by atoms with van der Waals surface area (Å²) >= 11 is 0. The highest BCUT2D eigenvalue weighted by atomic mass is 16.5. The van der Waals surface area contributed by atoms with Gasteiger partial charge in [-0.1, -0.05) is 24.6 Å². The summed E-state index contributed by atoms with van der Waals surface area (Å²) in [5.41, 5.74) is 2.07. The second-order valence-corrected chi connectivity index (χ2v) is 5.56. The smallest absolute Gasteiger partial charge is 0.258 e. The van der Waals surface area contributed by atoms with Gasteiger partial charge in [-0.3, -0.25) is 4.79 Å². The summed E-state index contributed by atoms with van der Waals surface area (Å²) in [7, 11) is 0. The van der Waals surface area contributed by atoms with E-state index in [9.17, 15) is 9.90 Å². The molecule has 0 radical (unpaired) electrons. The van der Waals surface area contributed by atoms with E-state index in [1.807, 2.05) is 32.0 Å². The molecule has 2 unspecified atom stereocenters. The fraction of sp³-hybridized carbons (Fsp3) is 0.562. The molecule has 0 aromatic heterocycles. The summed E-state index contributed by atoms with van der Waals surface area (Å²) in [5, 5.41) is 12.2. The Bertz CT molecular complexity index is 453. The number of hydrogen-bond donors (Lipinski definition) is 2. The second-order valence-electron chi connectivity index (χ2n) is 5.56. The number of nitrogens with one attached hydrogen (secondary N) is 1. The van der Waals surface area contributed by atoms with Crippen LogP contribution < -0.4 is 10.1 Å². The number of amides is 1.